The van der Waals surface area contributed by atoms with E-state index < -0.39 is 0 Å². The average molecular weight is 394 g/mol. The number of H-pyrrole nitrogens is 1. The van der Waals surface area contributed by atoms with E-state index in [1.165, 1.54) is 37.0 Å². The Morgan fingerprint density at radius 2 is 1.93 bits per heavy atom. The van der Waals surface area contributed by atoms with Crippen molar-refractivity contribution in [2.75, 3.05) is 13.1 Å². The molecule has 1 aliphatic carbocycles. The number of aromatic amines is 1. The molecule has 0 bridgehead atoms. The normalized spacial score (nSPS) is 19.8. The van der Waals surface area contributed by atoms with Gasteiger partial charge in [0, 0.05) is 12.8 Å². The second-order valence-electron chi connectivity index (χ2n) is 8.66. The zero-order valence-corrected chi connectivity index (χ0v) is 17.0. The van der Waals surface area contributed by atoms with Crippen LogP contribution in [0.25, 0.3) is 10.9 Å². The molecule has 7 nitrogen and oxygen atoms in total. The first-order valence-corrected chi connectivity index (χ1v) is 11.0. The van der Waals surface area contributed by atoms with Gasteiger partial charge in [0.15, 0.2) is 6.04 Å². The summed E-state index contributed by atoms with van der Waals surface area (Å²) in [5.74, 6) is 0.853. The molecule has 0 unspecified atom stereocenters. The van der Waals surface area contributed by atoms with Gasteiger partial charge in [0.1, 0.15) is 0 Å². The van der Waals surface area contributed by atoms with Crippen LogP contribution in [0, 0.1) is 6.92 Å². The molecule has 7 heteroatoms. The van der Waals surface area contributed by atoms with Gasteiger partial charge >= 0.3 is 0 Å². The molecule has 0 radical (unpaired) electrons. The van der Waals surface area contributed by atoms with Crippen molar-refractivity contribution in [3.63, 3.8) is 0 Å². The summed E-state index contributed by atoms with van der Waals surface area (Å²) >= 11 is 0. The summed E-state index contributed by atoms with van der Waals surface area (Å²) in [7, 11) is 0. The summed E-state index contributed by atoms with van der Waals surface area (Å²) < 4.78 is 2.04. The van der Waals surface area contributed by atoms with E-state index in [2.05, 4.69) is 32.6 Å². The molecule has 3 heterocycles. The molecule has 3 aromatic rings. The maximum absolute atomic E-state index is 13.2. The van der Waals surface area contributed by atoms with Crippen LogP contribution in [0.4, 0.5) is 0 Å². The van der Waals surface area contributed by atoms with Crippen LogP contribution in [-0.4, -0.2) is 38.3 Å². The monoisotopic (exact) mass is 393 g/mol. The molecule has 2 aromatic heterocycles. The lowest BCUT2D eigenvalue weighted by Crippen LogP contribution is -3.10. The van der Waals surface area contributed by atoms with Crippen molar-refractivity contribution in [1.29, 1.82) is 0 Å². The highest BCUT2D eigenvalue weighted by Gasteiger charge is 2.37. The Bertz CT molecular complexity index is 1060. The third-order valence-corrected chi connectivity index (χ3v) is 6.78. The largest absolute Gasteiger partial charge is 0.322 e. The average Bonchev–Trinajstić information content (AvgIpc) is 3.43. The minimum absolute atomic E-state index is 0.0191. The van der Waals surface area contributed by atoms with Gasteiger partial charge in [-0.1, -0.05) is 37.5 Å². The zero-order chi connectivity index (χ0) is 19.8. The highest BCUT2D eigenvalue weighted by Crippen LogP contribution is 2.30. The number of tetrazole rings is 1. The van der Waals surface area contributed by atoms with E-state index in [4.69, 9.17) is 0 Å². The van der Waals surface area contributed by atoms with Crippen LogP contribution in [0.5, 0.6) is 0 Å². The summed E-state index contributed by atoms with van der Waals surface area (Å²) in [5, 5.41) is 14.0. The number of aromatic nitrogens is 5. The molecular formula is C22H29N6O+. The summed E-state index contributed by atoms with van der Waals surface area (Å²) in [6, 6.07) is 8.44. The van der Waals surface area contributed by atoms with Gasteiger partial charge in [0.05, 0.1) is 30.2 Å². The van der Waals surface area contributed by atoms with Crippen LogP contribution in [0.3, 0.4) is 0 Å². The summed E-state index contributed by atoms with van der Waals surface area (Å²) in [6.07, 6.45) is 8.34. The third kappa shape index (κ3) is 3.37. The fourth-order valence-corrected chi connectivity index (χ4v) is 5.25. The number of fused-ring (bicyclic) bond motifs is 1. The van der Waals surface area contributed by atoms with Crippen LogP contribution in [0.15, 0.2) is 29.1 Å². The van der Waals surface area contributed by atoms with E-state index in [-0.39, 0.29) is 11.6 Å². The Kier molecular flexibility index (Phi) is 4.91. The van der Waals surface area contributed by atoms with Gasteiger partial charge in [-0.15, -0.1) is 5.10 Å². The van der Waals surface area contributed by atoms with Crippen LogP contribution in [0.1, 0.15) is 74.0 Å². The van der Waals surface area contributed by atoms with Crippen LogP contribution >= 0.6 is 0 Å². The first-order valence-electron chi connectivity index (χ1n) is 11.0. The Balaban J connectivity index is 1.64. The number of benzene rings is 1. The number of pyridine rings is 1. The lowest BCUT2D eigenvalue weighted by molar-refractivity contribution is -0.914. The molecule has 0 amide bonds. The summed E-state index contributed by atoms with van der Waals surface area (Å²) in [5.41, 5.74) is 2.77. The number of likely N-dealkylation sites (tertiary alicyclic amines) is 1. The topological polar surface area (TPSA) is 80.9 Å². The smallest absolute Gasteiger partial charge is 0.258 e. The van der Waals surface area contributed by atoms with Gasteiger partial charge in [0.2, 0.25) is 5.82 Å². The standard InChI is InChI=1S/C22H28N6O/c1-15-8-7-9-16-14-18(22(29)23-19(15)16)20(27-12-5-6-13-27)21-24-25-26-28(21)17-10-3-2-4-11-17/h7-9,14,17,20H,2-6,10-13H2,1H3,(H,23,29)/p+1/t20-/m1/s1. The predicted molar refractivity (Wildman–Crippen MR) is 111 cm³/mol. The van der Waals surface area contributed by atoms with Crippen molar-refractivity contribution >= 4 is 10.9 Å². The Labute approximate surface area is 170 Å². The van der Waals surface area contributed by atoms with Crippen molar-refractivity contribution in [3.05, 3.63) is 51.6 Å². The van der Waals surface area contributed by atoms with Crippen molar-refractivity contribution < 1.29 is 4.90 Å². The molecule has 2 fully saturated rings. The zero-order valence-electron chi connectivity index (χ0n) is 17.0. The van der Waals surface area contributed by atoms with Gasteiger partial charge in [-0.25, -0.2) is 4.68 Å². The number of rotatable bonds is 4. The van der Waals surface area contributed by atoms with Crippen molar-refractivity contribution in [2.45, 2.75) is 64.0 Å². The van der Waals surface area contributed by atoms with Crippen LogP contribution < -0.4 is 10.5 Å². The fourth-order valence-electron chi connectivity index (χ4n) is 5.25. The number of hydrogen-bond donors (Lipinski definition) is 2. The fraction of sp³-hybridized carbons (Fsp3) is 0.545. The maximum atomic E-state index is 13.2. The quantitative estimate of drug-likeness (QED) is 0.711. The van der Waals surface area contributed by atoms with Gasteiger partial charge < -0.3 is 9.88 Å². The lowest BCUT2D eigenvalue weighted by atomic mass is 9.95. The number of quaternary nitrogens is 1. The SMILES string of the molecule is Cc1cccc2cc([C@H](c3nnnn3C3CCCCC3)[NH+]3CCCC3)c(=O)[nH]c12. The highest BCUT2D eigenvalue weighted by molar-refractivity contribution is 5.82. The first kappa shape index (κ1) is 18.5. The van der Waals surface area contributed by atoms with E-state index >= 15 is 0 Å². The molecule has 2 N–H and O–H groups in total. The molecule has 152 valence electrons. The predicted octanol–water partition coefficient (Wildman–Crippen LogP) is 2.10. The third-order valence-electron chi connectivity index (χ3n) is 6.78. The van der Waals surface area contributed by atoms with E-state index in [1.807, 2.05) is 23.7 Å². The minimum Gasteiger partial charge on any atom is -0.322 e. The number of hydrogen-bond acceptors (Lipinski definition) is 4. The molecule has 1 atom stereocenters. The second-order valence-corrected chi connectivity index (χ2v) is 8.66. The molecule has 29 heavy (non-hydrogen) atoms. The van der Waals surface area contributed by atoms with E-state index in [1.54, 1.807) is 0 Å². The molecule has 1 aromatic carbocycles. The van der Waals surface area contributed by atoms with Crippen molar-refractivity contribution in [3.8, 4) is 0 Å². The summed E-state index contributed by atoms with van der Waals surface area (Å²) in [6.45, 7) is 4.13. The molecular weight excluding hydrogens is 364 g/mol. The van der Waals surface area contributed by atoms with Crippen molar-refractivity contribution in [1.82, 2.24) is 25.2 Å². The van der Waals surface area contributed by atoms with Crippen LogP contribution in [0.2, 0.25) is 0 Å². The van der Waals surface area contributed by atoms with Crippen molar-refractivity contribution in [2.24, 2.45) is 0 Å². The molecule has 0 spiro atoms. The van der Waals surface area contributed by atoms with Gasteiger partial charge in [0.25, 0.3) is 5.56 Å². The number of para-hydroxylation sites is 1. The molecule has 1 saturated carbocycles. The summed E-state index contributed by atoms with van der Waals surface area (Å²) in [4.78, 5) is 17.8. The highest BCUT2D eigenvalue weighted by atomic mass is 16.1. The number of aryl methyl sites for hydroxylation is 1. The minimum atomic E-state index is -0.122. The van der Waals surface area contributed by atoms with E-state index in [9.17, 15) is 4.79 Å². The Morgan fingerprint density at radius 1 is 1.14 bits per heavy atom. The Morgan fingerprint density at radius 3 is 2.72 bits per heavy atom. The van der Waals surface area contributed by atoms with E-state index in [0.29, 0.717) is 6.04 Å². The lowest BCUT2D eigenvalue weighted by Gasteiger charge is -2.27. The maximum Gasteiger partial charge on any atom is 0.258 e. The number of nitrogens with one attached hydrogen (secondary N) is 2. The number of nitrogens with zero attached hydrogens (tertiary/aromatic N) is 4. The van der Waals surface area contributed by atoms with Gasteiger partial charge in [-0.2, -0.15) is 0 Å². The molecule has 5 rings (SSSR count). The van der Waals surface area contributed by atoms with Gasteiger partial charge in [-0.3, -0.25) is 4.79 Å². The molecule has 1 saturated heterocycles. The second kappa shape index (κ2) is 7.71. The van der Waals surface area contributed by atoms with Crippen LogP contribution in [-0.2, 0) is 0 Å². The first-order chi connectivity index (χ1) is 14.2. The Hall–Kier alpha value is -2.54. The van der Waals surface area contributed by atoms with Gasteiger partial charge in [-0.05, 0) is 47.2 Å². The molecule has 2 aliphatic rings. The van der Waals surface area contributed by atoms with E-state index in [0.717, 1.165) is 53.8 Å². The molecule has 1 aliphatic heterocycles.